The van der Waals surface area contributed by atoms with Gasteiger partial charge in [0.15, 0.2) is 0 Å². The van der Waals surface area contributed by atoms with E-state index >= 15 is 0 Å². The first-order chi connectivity index (χ1) is 14.8. The van der Waals surface area contributed by atoms with Gasteiger partial charge in [0.25, 0.3) is 0 Å². The molecule has 1 aliphatic heterocycles. The third-order valence-electron chi connectivity index (χ3n) is 6.06. The molecule has 0 aromatic heterocycles. The molecule has 0 spiro atoms. The summed E-state index contributed by atoms with van der Waals surface area (Å²) in [6.07, 6.45) is 2.70. The fourth-order valence-electron chi connectivity index (χ4n) is 4.07. The molecular weight excluding hydrogens is 386 g/mol. The van der Waals surface area contributed by atoms with Crippen molar-refractivity contribution < 1.29 is 9.59 Å². The van der Waals surface area contributed by atoms with Crippen LogP contribution in [0.2, 0.25) is 0 Å². The van der Waals surface area contributed by atoms with Crippen LogP contribution in [0.5, 0.6) is 0 Å². The van der Waals surface area contributed by atoms with Crippen LogP contribution in [0.25, 0.3) is 0 Å². The van der Waals surface area contributed by atoms with Crippen molar-refractivity contribution in [3.63, 3.8) is 0 Å². The van der Waals surface area contributed by atoms with Gasteiger partial charge < -0.3 is 15.1 Å². The van der Waals surface area contributed by atoms with Crippen LogP contribution in [0.1, 0.15) is 49.4 Å². The average molecular weight is 422 g/mol. The Kier molecular flexibility index (Phi) is 7.85. The average Bonchev–Trinajstić information content (AvgIpc) is 3.26. The Labute approximate surface area is 186 Å². The van der Waals surface area contributed by atoms with Crippen molar-refractivity contribution in [1.29, 1.82) is 0 Å². The highest BCUT2D eigenvalue weighted by Crippen LogP contribution is 2.25. The fraction of sp³-hybridized carbons (Fsp3) is 0.462. The van der Waals surface area contributed by atoms with Crippen LogP contribution >= 0.6 is 0 Å². The summed E-state index contributed by atoms with van der Waals surface area (Å²) in [7, 11) is 1.90. The van der Waals surface area contributed by atoms with Crippen molar-refractivity contribution in [2.45, 2.75) is 46.1 Å². The van der Waals surface area contributed by atoms with Gasteiger partial charge in [-0.05, 0) is 50.0 Å². The summed E-state index contributed by atoms with van der Waals surface area (Å²) >= 11 is 0. The molecular formula is C26H35N3O2. The predicted molar refractivity (Wildman–Crippen MR) is 126 cm³/mol. The second-order valence-corrected chi connectivity index (χ2v) is 8.92. The molecule has 1 atom stereocenters. The molecule has 3 rings (SSSR count). The second-order valence-electron chi connectivity index (χ2n) is 8.92. The van der Waals surface area contributed by atoms with Gasteiger partial charge in [0.05, 0.1) is 12.5 Å². The van der Waals surface area contributed by atoms with Crippen LogP contribution in [-0.4, -0.2) is 48.3 Å². The standard InChI is InChI=1S/C26H35N3O2/c1-19(2)26(31)27-23-13-6-5-11-21(23)17-25(30)28(4)24(18-29-14-7-8-15-29)22-12-9-10-20(3)16-22/h5-6,9-13,16,19,24H,7-8,14-15,17-18H2,1-4H3,(H,27,31)/t24-/m1/s1. The van der Waals surface area contributed by atoms with Crippen LogP contribution in [0.15, 0.2) is 48.5 Å². The summed E-state index contributed by atoms with van der Waals surface area (Å²) in [5.41, 5.74) is 3.93. The number of para-hydroxylation sites is 1. The molecule has 2 amide bonds. The van der Waals surface area contributed by atoms with Crippen molar-refractivity contribution in [3.8, 4) is 0 Å². The number of carbonyl (C=O) groups is 2. The maximum atomic E-state index is 13.4. The quantitative estimate of drug-likeness (QED) is 0.686. The van der Waals surface area contributed by atoms with E-state index in [1.54, 1.807) is 0 Å². The zero-order chi connectivity index (χ0) is 22.4. The van der Waals surface area contributed by atoms with Gasteiger partial charge >= 0.3 is 0 Å². The molecule has 0 aliphatic carbocycles. The van der Waals surface area contributed by atoms with Gasteiger partial charge in [-0.1, -0.05) is 61.9 Å². The summed E-state index contributed by atoms with van der Waals surface area (Å²) in [6, 6.07) is 16.0. The zero-order valence-corrected chi connectivity index (χ0v) is 19.2. The predicted octanol–water partition coefficient (Wildman–Crippen LogP) is 4.43. The molecule has 1 heterocycles. The summed E-state index contributed by atoms with van der Waals surface area (Å²) in [5.74, 6) is -0.102. The third kappa shape index (κ3) is 6.17. The number of likely N-dealkylation sites (N-methyl/N-ethyl adjacent to an activating group) is 1. The molecule has 0 unspecified atom stereocenters. The first-order valence-electron chi connectivity index (χ1n) is 11.3. The minimum atomic E-state index is -0.113. The minimum absolute atomic E-state index is 0.00270. The van der Waals surface area contributed by atoms with Gasteiger partial charge in [-0.25, -0.2) is 0 Å². The van der Waals surface area contributed by atoms with Crippen LogP contribution < -0.4 is 5.32 Å². The molecule has 31 heavy (non-hydrogen) atoms. The largest absolute Gasteiger partial charge is 0.337 e. The third-order valence-corrected chi connectivity index (χ3v) is 6.06. The first kappa shape index (κ1) is 23.0. The van der Waals surface area contributed by atoms with E-state index in [1.165, 1.54) is 24.0 Å². The second kappa shape index (κ2) is 10.6. The lowest BCUT2D eigenvalue weighted by atomic mass is 10.0. The van der Waals surface area contributed by atoms with E-state index in [9.17, 15) is 9.59 Å². The summed E-state index contributed by atoms with van der Waals surface area (Å²) in [6.45, 7) is 8.84. The molecule has 1 saturated heterocycles. The Morgan fingerprint density at radius 2 is 1.77 bits per heavy atom. The Morgan fingerprint density at radius 1 is 1.06 bits per heavy atom. The van der Waals surface area contributed by atoms with Gasteiger partial charge in [0.2, 0.25) is 11.8 Å². The van der Waals surface area contributed by atoms with Gasteiger partial charge in [-0.2, -0.15) is 0 Å². The molecule has 0 saturated carbocycles. The molecule has 5 heteroatoms. The molecule has 1 N–H and O–H groups in total. The maximum absolute atomic E-state index is 13.4. The van der Waals surface area contributed by atoms with Crippen molar-refractivity contribution in [3.05, 3.63) is 65.2 Å². The lowest BCUT2D eigenvalue weighted by Gasteiger charge is -2.32. The van der Waals surface area contributed by atoms with E-state index in [1.807, 2.05) is 50.1 Å². The number of anilines is 1. The summed E-state index contributed by atoms with van der Waals surface area (Å²) in [5, 5.41) is 2.96. The van der Waals surface area contributed by atoms with Crippen molar-refractivity contribution in [2.75, 3.05) is 32.0 Å². The molecule has 1 fully saturated rings. The number of nitrogens with one attached hydrogen (secondary N) is 1. The summed E-state index contributed by atoms with van der Waals surface area (Å²) < 4.78 is 0. The Morgan fingerprint density at radius 3 is 2.45 bits per heavy atom. The molecule has 0 bridgehead atoms. The number of carbonyl (C=O) groups excluding carboxylic acids is 2. The highest BCUT2D eigenvalue weighted by Gasteiger charge is 2.26. The highest BCUT2D eigenvalue weighted by atomic mass is 16.2. The minimum Gasteiger partial charge on any atom is -0.337 e. The Bertz CT molecular complexity index is 903. The lowest BCUT2D eigenvalue weighted by molar-refractivity contribution is -0.131. The normalized spacial score (nSPS) is 15.1. The van der Waals surface area contributed by atoms with E-state index in [0.717, 1.165) is 30.9 Å². The molecule has 0 radical (unpaired) electrons. The van der Waals surface area contributed by atoms with Crippen LogP contribution in [0.3, 0.4) is 0 Å². The van der Waals surface area contributed by atoms with Gasteiger partial charge in [-0.15, -0.1) is 0 Å². The Balaban J connectivity index is 1.79. The maximum Gasteiger partial charge on any atom is 0.227 e. The van der Waals surface area contributed by atoms with E-state index in [0.29, 0.717) is 0 Å². The monoisotopic (exact) mass is 421 g/mol. The van der Waals surface area contributed by atoms with Crippen LogP contribution in [0.4, 0.5) is 5.69 Å². The van der Waals surface area contributed by atoms with Gasteiger partial charge in [-0.3, -0.25) is 9.59 Å². The first-order valence-corrected chi connectivity index (χ1v) is 11.3. The fourth-order valence-corrected chi connectivity index (χ4v) is 4.07. The molecule has 2 aromatic rings. The van der Waals surface area contributed by atoms with Crippen molar-refractivity contribution >= 4 is 17.5 Å². The molecule has 5 nitrogen and oxygen atoms in total. The number of likely N-dealkylation sites (tertiary alicyclic amines) is 1. The number of nitrogens with zero attached hydrogens (tertiary/aromatic N) is 2. The van der Waals surface area contributed by atoms with Gasteiger partial charge in [0, 0.05) is 25.2 Å². The zero-order valence-electron chi connectivity index (χ0n) is 19.2. The topological polar surface area (TPSA) is 52.6 Å². The molecule has 166 valence electrons. The Hall–Kier alpha value is -2.66. The van der Waals surface area contributed by atoms with Crippen LogP contribution in [0, 0.1) is 12.8 Å². The lowest BCUT2D eigenvalue weighted by Crippen LogP contribution is -2.39. The van der Waals surface area contributed by atoms with E-state index < -0.39 is 0 Å². The summed E-state index contributed by atoms with van der Waals surface area (Å²) in [4.78, 5) is 29.9. The van der Waals surface area contributed by atoms with E-state index in [4.69, 9.17) is 0 Å². The highest BCUT2D eigenvalue weighted by molar-refractivity contribution is 5.93. The number of benzene rings is 2. The van der Waals surface area contributed by atoms with E-state index in [2.05, 4.69) is 41.4 Å². The number of hydrogen-bond donors (Lipinski definition) is 1. The number of amides is 2. The van der Waals surface area contributed by atoms with E-state index in [-0.39, 0.29) is 30.2 Å². The number of rotatable bonds is 8. The van der Waals surface area contributed by atoms with Crippen molar-refractivity contribution in [2.24, 2.45) is 5.92 Å². The SMILES string of the molecule is Cc1cccc([C@@H](CN2CCCC2)N(C)C(=O)Cc2ccccc2NC(=O)C(C)C)c1. The number of hydrogen-bond acceptors (Lipinski definition) is 3. The molecule has 1 aliphatic rings. The van der Waals surface area contributed by atoms with Gasteiger partial charge in [0.1, 0.15) is 0 Å². The van der Waals surface area contributed by atoms with Crippen molar-refractivity contribution in [1.82, 2.24) is 9.80 Å². The number of aryl methyl sites for hydroxylation is 1. The van der Waals surface area contributed by atoms with Crippen LogP contribution in [-0.2, 0) is 16.0 Å². The molecule has 2 aromatic carbocycles. The smallest absolute Gasteiger partial charge is 0.227 e.